The molecular weight excluding hydrogens is 699 g/mol. The molecule has 0 aromatic heterocycles. The first kappa shape index (κ1) is 41.8. The molecular formula is C42H48Cl2N2O6. The average molecular weight is 748 g/mol. The third-order valence-corrected chi connectivity index (χ3v) is 8.63. The summed E-state index contributed by atoms with van der Waals surface area (Å²) in [6, 6.07) is 32.6. The van der Waals surface area contributed by atoms with E-state index in [1.54, 1.807) is 36.9 Å². The molecule has 0 atom stereocenters. The third-order valence-electron chi connectivity index (χ3n) is 8.09. The van der Waals surface area contributed by atoms with Gasteiger partial charge in [0.25, 0.3) is 0 Å². The standard InChI is InChI=1S/C22H27NO3.C20H21Cl2NO3/c1-3-18-10-13-20(14-11-18)23(17-16-22(25)26-4-2)21(24)15-12-19-8-6-5-7-9-19;1-2-26-20(25)12-13-23(18-10-9-16(21)14-17(18)22)19(24)11-8-15-6-4-3-5-7-15/h5-11,13-14H,3-4,12,15-17H2,1-2H3;3-7,9-10,14H,2,8,11-13H2,1H3. The van der Waals surface area contributed by atoms with Gasteiger partial charge in [-0.05, 0) is 80.1 Å². The van der Waals surface area contributed by atoms with Crippen LogP contribution in [0, 0.1) is 0 Å². The van der Waals surface area contributed by atoms with Crippen molar-refractivity contribution in [3.63, 3.8) is 0 Å². The normalized spacial score (nSPS) is 10.4. The summed E-state index contributed by atoms with van der Waals surface area (Å²) in [5.74, 6) is -0.721. The molecule has 0 saturated heterocycles. The van der Waals surface area contributed by atoms with Crippen LogP contribution < -0.4 is 9.80 Å². The first-order chi connectivity index (χ1) is 25.1. The highest BCUT2D eigenvalue weighted by atomic mass is 35.5. The van der Waals surface area contributed by atoms with Crippen LogP contribution in [-0.4, -0.2) is 50.1 Å². The van der Waals surface area contributed by atoms with E-state index in [1.165, 1.54) is 10.5 Å². The highest BCUT2D eigenvalue weighted by Gasteiger charge is 2.20. The topological polar surface area (TPSA) is 93.2 Å². The van der Waals surface area contributed by atoms with Crippen LogP contribution in [-0.2, 0) is 47.9 Å². The van der Waals surface area contributed by atoms with Crippen molar-refractivity contribution in [3.8, 4) is 0 Å². The Morgan fingerprint density at radius 3 is 1.50 bits per heavy atom. The van der Waals surface area contributed by atoms with E-state index in [2.05, 4.69) is 6.92 Å². The number of rotatable bonds is 17. The Balaban J connectivity index is 0.000000280. The van der Waals surface area contributed by atoms with Crippen molar-refractivity contribution in [2.45, 2.75) is 65.7 Å². The highest BCUT2D eigenvalue weighted by Crippen LogP contribution is 2.30. The van der Waals surface area contributed by atoms with E-state index in [4.69, 9.17) is 32.7 Å². The molecule has 4 rings (SSSR count). The van der Waals surface area contributed by atoms with Crippen molar-refractivity contribution in [1.82, 2.24) is 0 Å². The van der Waals surface area contributed by atoms with Gasteiger partial charge in [-0.2, -0.15) is 0 Å². The Morgan fingerprint density at radius 2 is 1.04 bits per heavy atom. The molecule has 0 unspecified atom stereocenters. The van der Waals surface area contributed by atoms with Gasteiger partial charge in [0.1, 0.15) is 0 Å². The SMILES string of the molecule is CCOC(=O)CCN(C(=O)CCc1ccccc1)c1ccc(CC)cc1.CCOC(=O)CCN(C(=O)CCc1ccccc1)c1ccc(Cl)cc1Cl. The number of hydrogen-bond acceptors (Lipinski definition) is 6. The van der Waals surface area contributed by atoms with Crippen molar-refractivity contribution >= 4 is 58.3 Å². The van der Waals surface area contributed by atoms with Crippen LogP contribution in [0.4, 0.5) is 11.4 Å². The molecule has 276 valence electrons. The van der Waals surface area contributed by atoms with Gasteiger partial charge in [0.2, 0.25) is 11.8 Å². The molecule has 10 heteroatoms. The van der Waals surface area contributed by atoms with Gasteiger partial charge >= 0.3 is 11.9 Å². The number of halogens is 2. The quantitative estimate of drug-likeness (QED) is 0.100. The molecule has 0 fully saturated rings. The summed E-state index contributed by atoms with van der Waals surface area (Å²) in [6.45, 7) is 6.82. The minimum absolute atomic E-state index is 0.0161. The van der Waals surface area contributed by atoms with Crippen LogP contribution in [0.5, 0.6) is 0 Å². The molecule has 0 spiro atoms. The van der Waals surface area contributed by atoms with Crippen LogP contribution in [0.3, 0.4) is 0 Å². The van der Waals surface area contributed by atoms with Crippen molar-refractivity contribution < 1.29 is 28.7 Å². The maximum atomic E-state index is 12.8. The van der Waals surface area contributed by atoms with E-state index >= 15 is 0 Å². The predicted molar refractivity (Wildman–Crippen MR) is 209 cm³/mol. The van der Waals surface area contributed by atoms with Crippen LogP contribution in [0.2, 0.25) is 10.0 Å². The van der Waals surface area contributed by atoms with E-state index in [-0.39, 0.29) is 43.1 Å². The third kappa shape index (κ3) is 14.5. The lowest BCUT2D eigenvalue weighted by atomic mass is 10.1. The number of carbonyl (C=O) groups excluding carboxylic acids is 4. The number of hydrogen-bond donors (Lipinski definition) is 0. The van der Waals surface area contributed by atoms with E-state index in [9.17, 15) is 19.2 Å². The number of carbonyl (C=O) groups is 4. The summed E-state index contributed by atoms with van der Waals surface area (Å²) in [5, 5.41) is 0.857. The zero-order valence-electron chi connectivity index (χ0n) is 30.2. The van der Waals surface area contributed by atoms with E-state index in [0.717, 1.165) is 23.2 Å². The number of amides is 2. The number of nitrogens with zero attached hydrogens (tertiary/aromatic N) is 2. The number of aryl methyl sites for hydroxylation is 3. The molecule has 0 aliphatic rings. The molecule has 0 aliphatic carbocycles. The predicted octanol–water partition coefficient (Wildman–Crippen LogP) is 9.08. The van der Waals surface area contributed by atoms with Crippen molar-refractivity contribution in [2.75, 3.05) is 36.1 Å². The first-order valence-corrected chi connectivity index (χ1v) is 18.4. The van der Waals surface area contributed by atoms with Gasteiger partial charge in [0.15, 0.2) is 0 Å². The smallest absolute Gasteiger partial charge is 0.307 e. The van der Waals surface area contributed by atoms with E-state index in [0.29, 0.717) is 61.2 Å². The Bertz CT molecular complexity index is 1700. The van der Waals surface area contributed by atoms with Crippen LogP contribution in [0.15, 0.2) is 103 Å². The lowest BCUT2D eigenvalue weighted by Gasteiger charge is -2.24. The second kappa shape index (κ2) is 23.0. The van der Waals surface area contributed by atoms with Crippen molar-refractivity contribution in [2.24, 2.45) is 0 Å². The zero-order valence-corrected chi connectivity index (χ0v) is 31.7. The Hall–Kier alpha value is -4.66. The second-order valence-corrected chi connectivity index (χ2v) is 12.6. The van der Waals surface area contributed by atoms with Gasteiger partial charge in [0.05, 0.1) is 36.8 Å². The number of esters is 2. The van der Waals surface area contributed by atoms with Crippen LogP contribution in [0.1, 0.15) is 63.1 Å². The van der Waals surface area contributed by atoms with Crippen LogP contribution >= 0.6 is 23.2 Å². The maximum Gasteiger partial charge on any atom is 0.307 e. The molecule has 4 aromatic rings. The molecule has 2 amide bonds. The summed E-state index contributed by atoms with van der Waals surface area (Å²) >= 11 is 12.2. The molecule has 0 heterocycles. The molecule has 4 aromatic carbocycles. The molecule has 0 aliphatic heterocycles. The van der Waals surface area contributed by atoms with Crippen LogP contribution in [0.25, 0.3) is 0 Å². The first-order valence-electron chi connectivity index (χ1n) is 17.7. The van der Waals surface area contributed by atoms with Gasteiger partial charge in [-0.3, -0.25) is 19.2 Å². The Labute approximate surface area is 317 Å². The molecule has 8 nitrogen and oxygen atoms in total. The summed E-state index contributed by atoms with van der Waals surface area (Å²) in [6.07, 6.45) is 3.26. The van der Waals surface area contributed by atoms with Gasteiger partial charge in [-0.1, -0.05) is 103 Å². The van der Waals surface area contributed by atoms with Crippen molar-refractivity contribution in [3.05, 3.63) is 130 Å². The summed E-state index contributed by atoms with van der Waals surface area (Å²) < 4.78 is 9.95. The average Bonchev–Trinajstić information content (AvgIpc) is 3.15. The highest BCUT2D eigenvalue weighted by molar-refractivity contribution is 6.36. The number of benzene rings is 4. The van der Waals surface area contributed by atoms with Gasteiger partial charge in [-0.25, -0.2) is 0 Å². The van der Waals surface area contributed by atoms with E-state index in [1.807, 2.05) is 84.9 Å². The Kier molecular flexibility index (Phi) is 18.5. The second-order valence-electron chi connectivity index (χ2n) is 11.8. The fourth-order valence-electron chi connectivity index (χ4n) is 5.32. The minimum atomic E-state index is -0.349. The van der Waals surface area contributed by atoms with Gasteiger partial charge in [0, 0.05) is 36.6 Å². The van der Waals surface area contributed by atoms with Gasteiger partial charge in [-0.15, -0.1) is 0 Å². The summed E-state index contributed by atoms with van der Waals surface area (Å²) in [4.78, 5) is 52.3. The fourth-order valence-corrected chi connectivity index (χ4v) is 5.83. The maximum absolute atomic E-state index is 12.8. The van der Waals surface area contributed by atoms with E-state index < -0.39 is 0 Å². The molecule has 0 saturated carbocycles. The minimum Gasteiger partial charge on any atom is -0.466 e. The zero-order chi connectivity index (χ0) is 37.7. The lowest BCUT2D eigenvalue weighted by Crippen LogP contribution is -2.33. The lowest BCUT2D eigenvalue weighted by molar-refractivity contribution is -0.143. The molecule has 0 N–H and O–H groups in total. The molecule has 52 heavy (non-hydrogen) atoms. The monoisotopic (exact) mass is 746 g/mol. The number of anilines is 2. The molecule has 0 bridgehead atoms. The van der Waals surface area contributed by atoms with Crippen molar-refractivity contribution in [1.29, 1.82) is 0 Å². The summed E-state index contributed by atoms with van der Waals surface area (Å²) in [7, 11) is 0. The Morgan fingerprint density at radius 1 is 0.558 bits per heavy atom. The molecule has 0 radical (unpaired) electrons. The van der Waals surface area contributed by atoms with Gasteiger partial charge < -0.3 is 19.3 Å². The summed E-state index contributed by atoms with van der Waals surface area (Å²) in [5.41, 5.74) is 4.79. The fraction of sp³-hybridized carbons (Fsp3) is 0.333. The number of ether oxygens (including phenoxy) is 2. The largest absolute Gasteiger partial charge is 0.466 e.